The van der Waals surface area contributed by atoms with Crippen LogP contribution in [0.2, 0.25) is 0 Å². The molecule has 1 rings (SSSR count). The van der Waals surface area contributed by atoms with Crippen LogP contribution < -0.4 is 11.1 Å². The van der Waals surface area contributed by atoms with Gasteiger partial charge in [-0.1, -0.05) is 6.92 Å². The van der Waals surface area contributed by atoms with Crippen molar-refractivity contribution in [2.75, 3.05) is 17.6 Å². The van der Waals surface area contributed by atoms with E-state index in [0.717, 1.165) is 0 Å². The molecule has 0 heterocycles. The van der Waals surface area contributed by atoms with E-state index < -0.39 is 49.9 Å². The predicted octanol–water partition coefficient (Wildman–Crippen LogP) is 3.10. The van der Waals surface area contributed by atoms with Crippen LogP contribution in [0.15, 0.2) is 0 Å². The molecule has 1 aromatic carbocycles. The molecule has 0 bridgehead atoms. The van der Waals surface area contributed by atoms with Gasteiger partial charge in [0.05, 0.1) is 15.4 Å². The van der Waals surface area contributed by atoms with Crippen molar-refractivity contribution in [1.29, 1.82) is 0 Å². The lowest BCUT2D eigenvalue weighted by atomic mass is 9.97. The zero-order valence-corrected chi connectivity index (χ0v) is 11.7. The van der Waals surface area contributed by atoms with Crippen LogP contribution in [0, 0.1) is 20.2 Å². The van der Waals surface area contributed by atoms with E-state index >= 15 is 0 Å². The Morgan fingerprint density at radius 1 is 1.14 bits per heavy atom. The number of hydrogen-bond acceptors (Lipinski definition) is 6. The Morgan fingerprint density at radius 3 is 1.95 bits per heavy atom. The van der Waals surface area contributed by atoms with E-state index in [9.17, 15) is 33.4 Å². The van der Waals surface area contributed by atoms with Crippen LogP contribution in [0.25, 0.3) is 0 Å². The minimum Gasteiger partial charge on any atom is -0.393 e. The topological polar surface area (TPSA) is 124 Å². The summed E-state index contributed by atoms with van der Waals surface area (Å²) in [6, 6.07) is 0. The number of hydrogen-bond donors (Lipinski definition) is 2. The molecule has 0 aliphatic carbocycles. The van der Waals surface area contributed by atoms with Gasteiger partial charge in [-0.25, -0.2) is 0 Å². The summed E-state index contributed by atoms with van der Waals surface area (Å²) in [5.41, 5.74) is -0.749. The number of nitrogens with zero attached hydrogens (tertiary/aromatic N) is 2. The van der Waals surface area contributed by atoms with E-state index in [1.54, 1.807) is 0 Å². The molecule has 8 nitrogen and oxygen atoms in total. The second kappa shape index (κ2) is 6.03. The fourth-order valence-corrected chi connectivity index (χ4v) is 2.20. The molecule has 122 valence electrons. The lowest BCUT2D eigenvalue weighted by molar-refractivity contribution is -0.392. The Morgan fingerprint density at radius 2 is 1.64 bits per heavy atom. The highest BCUT2D eigenvalue weighted by Gasteiger charge is 2.45. The quantitative estimate of drug-likeness (QED) is 0.487. The van der Waals surface area contributed by atoms with Gasteiger partial charge in [-0.2, -0.15) is 13.2 Å². The second-order valence-corrected chi connectivity index (χ2v) is 4.24. The van der Waals surface area contributed by atoms with Gasteiger partial charge >= 0.3 is 17.6 Å². The summed E-state index contributed by atoms with van der Waals surface area (Å²) in [7, 11) is 0. The number of anilines is 2. The zero-order chi connectivity index (χ0) is 17.2. The first-order valence-electron chi connectivity index (χ1n) is 6.15. The molecule has 0 saturated carbocycles. The molecule has 3 N–H and O–H groups in total. The minimum absolute atomic E-state index is 0.0373. The van der Waals surface area contributed by atoms with Crippen LogP contribution in [-0.4, -0.2) is 16.4 Å². The molecular formula is C11H13F3N4O4. The van der Waals surface area contributed by atoms with Gasteiger partial charge in [0, 0.05) is 12.1 Å². The number of benzene rings is 1. The SMILES string of the molecule is CCNc1c([N+](=O)[O-])c(N)c(C(F)(F)F)c(CC)c1[N+](=O)[O-]. The van der Waals surface area contributed by atoms with Gasteiger partial charge < -0.3 is 11.1 Å². The first kappa shape index (κ1) is 17.5. The van der Waals surface area contributed by atoms with Crippen molar-refractivity contribution in [2.45, 2.75) is 26.4 Å². The summed E-state index contributed by atoms with van der Waals surface area (Å²) in [6.45, 7) is 2.81. The van der Waals surface area contributed by atoms with E-state index in [0.29, 0.717) is 0 Å². The van der Waals surface area contributed by atoms with Gasteiger partial charge in [0.15, 0.2) is 5.69 Å². The van der Waals surface area contributed by atoms with Crippen LogP contribution in [-0.2, 0) is 12.6 Å². The smallest absolute Gasteiger partial charge is 0.393 e. The van der Waals surface area contributed by atoms with Crippen LogP contribution in [0.1, 0.15) is 25.0 Å². The third kappa shape index (κ3) is 2.87. The molecule has 0 atom stereocenters. The van der Waals surface area contributed by atoms with Gasteiger partial charge in [-0.15, -0.1) is 0 Å². The maximum Gasteiger partial charge on any atom is 0.419 e. The van der Waals surface area contributed by atoms with Crippen LogP contribution >= 0.6 is 0 Å². The highest BCUT2D eigenvalue weighted by atomic mass is 19.4. The molecule has 11 heteroatoms. The molecule has 0 aromatic heterocycles. The largest absolute Gasteiger partial charge is 0.419 e. The maximum absolute atomic E-state index is 13.2. The fraction of sp³-hybridized carbons (Fsp3) is 0.455. The Balaban J connectivity index is 4.07. The second-order valence-electron chi connectivity index (χ2n) is 4.24. The first-order valence-corrected chi connectivity index (χ1v) is 6.15. The number of nitrogen functional groups attached to an aromatic ring is 1. The Labute approximate surface area is 122 Å². The van der Waals surface area contributed by atoms with Crippen molar-refractivity contribution in [2.24, 2.45) is 0 Å². The Bertz CT molecular complexity index is 631. The van der Waals surface area contributed by atoms with Gasteiger partial charge in [-0.05, 0) is 13.3 Å². The lowest BCUT2D eigenvalue weighted by Gasteiger charge is -2.17. The van der Waals surface area contributed by atoms with E-state index in [4.69, 9.17) is 5.73 Å². The van der Waals surface area contributed by atoms with E-state index in [1.165, 1.54) is 13.8 Å². The molecule has 22 heavy (non-hydrogen) atoms. The summed E-state index contributed by atoms with van der Waals surface area (Å²) >= 11 is 0. The Hall–Kier alpha value is -2.59. The standard InChI is InChI=1S/C11H13F3N4O4/c1-3-5-6(11(12,13)14)7(15)10(18(21)22)8(16-4-2)9(5)17(19)20/h16H,3-4,15H2,1-2H3. The van der Waals surface area contributed by atoms with E-state index in [1.807, 2.05) is 0 Å². The van der Waals surface area contributed by atoms with Crippen LogP contribution in [0.3, 0.4) is 0 Å². The molecule has 1 aromatic rings. The molecule has 0 unspecified atom stereocenters. The van der Waals surface area contributed by atoms with E-state index in [2.05, 4.69) is 5.32 Å². The highest BCUT2D eigenvalue weighted by Crippen LogP contribution is 2.50. The number of rotatable bonds is 5. The Kier molecular flexibility index (Phi) is 4.79. The molecule has 0 amide bonds. The highest BCUT2D eigenvalue weighted by molar-refractivity contribution is 5.88. The average molecular weight is 322 g/mol. The summed E-state index contributed by atoms with van der Waals surface area (Å²) in [5.74, 6) is 0. The zero-order valence-electron chi connectivity index (χ0n) is 11.7. The van der Waals surface area contributed by atoms with Gasteiger partial charge in [0.1, 0.15) is 5.69 Å². The number of nitrogens with one attached hydrogen (secondary N) is 1. The number of alkyl halides is 3. The van der Waals surface area contributed by atoms with Gasteiger partial charge in [0.25, 0.3) is 0 Å². The number of nitrogens with two attached hydrogens (primary N) is 1. The molecule has 0 fully saturated rings. The number of halogens is 3. The summed E-state index contributed by atoms with van der Waals surface area (Å²) in [4.78, 5) is 20.0. The lowest BCUT2D eigenvalue weighted by Crippen LogP contribution is -2.18. The van der Waals surface area contributed by atoms with Crippen molar-refractivity contribution in [3.63, 3.8) is 0 Å². The van der Waals surface area contributed by atoms with Crippen molar-refractivity contribution in [1.82, 2.24) is 0 Å². The van der Waals surface area contributed by atoms with Crippen molar-refractivity contribution < 1.29 is 23.0 Å². The third-order valence-corrected chi connectivity index (χ3v) is 2.94. The molecule has 0 aliphatic heterocycles. The fourth-order valence-electron chi connectivity index (χ4n) is 2.20. The average Bonchev–Trinajstić information content (AvgIpc) is 2.35. The van der Waals surface area contributed by atoms with Crippen molar-refractivity contribution >= 4 is 22.7 Å². The number of nitro benzene ring substituents is 2. The first-order chi connectivity index (χ1) is 10.1. The predicted molar refractivity (Wildman–Crippen MR) is 72.7 cm³/mol. The van der Waals surface area contributed by atoms with Gasteiger partial charge in [0.2, 0.25) is 0 Å². The summed E-state index contributed by atoms with van der Waals surface area (Å²) in [6.07, 6.45) is -5.40. The normalized spacial score (nSPS) is 11.3. The van der Waals surface area contributed by atoms with Crippen LogP contribution in [0.5, 0.6) is 0 Å². The maximum atomic E-state index is 13.2. The monoisotopic (exact) mass is 322 g/mol. The molecule has 0 saturated heterocycles. The molecular weight excluding hydrogens is 309 g/mol. The minimum atomic E-state index is -5.05. The molecule has 0 spiro atoms. The molecule has 0 aliphatic rings. The van der Waals surface area contributed by atoms with Crippen molar-refractivity contribution in [3.8, 4) is 0 Å². The van der Waals surface area contributed by atoms with Crippen LogP contribution in [0.4, 0.5) is 35.9 Å². The third-order valence-electron chi connectivity index (χ3n) is 2.94. The molecule has 0 radical (unpaired) electrons. The summed E-state index contributed by atoms with van der Waals surface area (Å²) < 4.78 is 39.5. The van der Waals surface area contributed by atoms with Gasteiger partial charge in [-0.3, -0.25) is 20.2 Å². The summed E-state index contributed by atoms with van der Waals surface area (Å²) in [5, 5.41) is 24.6. The number of nitro groups is 2. The van der Waals surface area contributed by atoms with Crippen molar-refractivity contribution in [3.05, 3.63) is 31.4 Å². The van der Waals surface area contributed by atoms with E-state index in [-0.39, 0.29) is 13.0 Å².